The number of nitrogens with one attached hydrogen (secondary N) is 6. The summed E-state index contributed by atoms with van der Waals surface area (Å²) in [4.78, 5) is 143. The number of aromatic carboxylic acids is 1. The van der Waals surface area contributed by atoms with Gasteiger partial charge in [0.2, 0.25) is 0 Å². The quantitative estimate of drug-likeness (QED) is 0.0310. The number of amides is 6. The number of oxazole rings is 1. The summed E-state index contributed by atoms with van der Waals surface area (Å²) >= 11 is 0. The number of benzene rings is 6. The first kappa shape index (κ1) is 75.3. The number of rotatable bonds is 18. The van der Waals surface area contributed by atoms with E-state index in [1.165, 1.54) is 62.7 Å². The Morgan fingerprint density at radius 1 is 0.496 bits per heavy atom. The van der Waals surface area contributed by atoms with Gasteiger partial charge in [0.25, 0.3) is 47.0 Å². The van der Waals surface area contributed by atoms with Crippen LogP contribution in [0.5, 0.6) is 0 Å². The van der Waals surface area contributed by atoms with E-state index in [4.69, 9.17) is 11.0 Å². The first-order chi connectivity index (χ1) is 54.3. The highest BCUT2D eigenvalue weighted by molar-refractivity contribution is 6.02. The maximum absolute atomic E-state index is 13.4. The molecule has 568 valence electrons. The van der Waals surface area contributed by atoms with E-state index in [9.17, 15) is 57.0 Å². The summed E-state index contributed by atoms with van der Waals surface area (Å²) in [5.41, 5.74) is 14.5. The lowest BCUT2D eigenvalue weighted by Crippen LogP contribution is -2.30. The van der Waals surface area contributed by atoms with E-state index in [0.29, 0.717) is 65.1 Å². The summed E-state index contributed by atoms with van der Waals surface area (Å²) in [6, 6.07) is 30.9. The molecule has 13 aromatic rings. The lowest BCUT2D eigenvalue weighted by atomic mass is 9.96. The van der Waals surface area contributed by atoms with Crippen molar-refractivity contribution in [2.75, 3.05) is 0 Å². The van der Waals surface area contributed by atoms with Gasteiger partial charge in [-0.3, -0.25) is 38.4 Å². The van der Waals surface area contributed by atoms with Gasteiger partial charge in [0, 0.05) is 68.0 Å². The van der Waals surface area contributed by atoms with Gasteiger partial charge in [-0.15, -0.1) is 0 Å². The number of ketones is 2. The van der Waals surface area contributed by atoms with Gasteiger partial charge >= 0.3 is 5.97 Å². The second-order valence-corrected chi connectivity index (χ2v) is 27.3. The molecular formula is C81H69F2N19O11. The number of carboxylic acids is 1. The number of hydrogen-bond acceptors (Lipinski definition) is 19. The number of carbonyl (C=O) groups is 9. The third kappa shape index (κ3) is 15.8. The van der Waals surface area contributed by atoms with Gasteiger partial charge in [-0.1, -0.05) is 60.7 Å². The molecule has 0 unspecified atom stereocenters. The van der Waals surface area contributed by atoms with Gasteiger partial charge in [-0.2, -0.15) is 34.3 Å². The molecule has 32 heteroatoms. The minimum Gasteiger partial charge on any atom is -0.478 e. The van der Waals surface area contributed by atoms with Crippen molar-refractivity contribution >= 4 is 87.0 Å². The van der Waals surface area contributed by atoms with Crippen molar-refractivity contribution < 1.29 is 61.5 Å². The standard InChI is InChI=1S/C28H25N7O4.C27H23N7O3.C26H21F2N5O4/c1-14-18(15(2)36)5-6-20-19(14)7-8-21(20)33-27(38)24-11-23(34-28-30-13-31-35(24)28)26(37)29-12-17-4-9-25-22(10-17)32-16(3)39-25;1-15-19(16(2)35)7-8-21-20(15)9-10-22(21)32-26(37)24-12-23(33-27-30-14-31-34(24)27)25(36)29-13-17-5-4-6-18(11-17)28-3;1-13-17-4-5-20(19(17)3-2-18(13)26(36)37)32-25(35)22-11-21(31-23-6-7-30-33(22)23)24(34)29-12-14-8-15(27)10-16(28)9-14/h4-6,9-11,13,21H,7-8,12H2,1-3H3,(H,29,37)(H,33,38);4-8,11-12,14,22H,9-10,13H2,1-2H3,(H,29,36)(H,32,37);2-3,6-11,20H,4-5,12H2,1H3,(H,29,34)(H,32,35)(H,36,37)/t21-;22-;20-/m000/s1. The second-order valence-electron chi connectivity index (χ2n) is 27.3. The van der Waals surface area contributed by atoms with Crippen molar-refractivity contribution in [3.8, 4) is 0 Å². The Hall–Kier alpha value is -14.5. The summed E-state index contributed by atoms with van der Waals surface area (Å²) < 4.78 is 36.3. The van der Waals surface area contributed by atoms with Crippen molar-refractivity contribution in [3.63, 3.8) is 0 Å². The van der Waals surface area contributed by atoms with E-state index in [-0.39, 0.29) is 112 Å². The molecule has 3 aliphatic rings. The molecule has 0 saturated carbocycles. The number of halogens is 2. The van der Waals surface area contributed by atoms with Gasteiger partial charge in [0.15, 0.2) is 34.4 Å². The molecule has 0 bridgehead atoms. The molecule has 3 aliphatic carbocycles. The number of carbonyl (C=O) groups excluding carboxylic acids is 8. The normalized spacial score (nSPS) is 14.3. The summed E-state index contributed by atoms with van der Waals surface area (Å²) in [7, 11) is 0. The maximum Gasteiger partial charge on any atom is 0.335 e. The van der Waals surface area contributed by atoms with E-state index in [1.54, 1.807) is 58.0 Å². The van der Waals surface area contributed by atoms with Crippen LogP contribution < -0.4 is 31.9 Å². The first-order valence-electron chi connectivity index (χ1n) is 35.8. The van der Waals surface area contributed by atoms with Gasteiger partial charge in [-0.25, -0.2) is 42.9 Å². The van der Waals surface area contributed by atoms with E-state index in [2.05, 4.69) is 81.9 Å². The van der Waals surface area contributed by atoms with Crippen molar-refractivity contribution in [1.29, 1.82) is 0 Å². The molecule has 0 spiro atoms. The summed E-state index contributed by atoms with van der Waals surface area (Å²) in [5.74, 6) is -4.52. The number of carboxylic acid groups (broad SMARTS) is 1. The molecule has 0 saturated heterocycles. The van der Waals surface area contributed by atoms with Crippen LogP contribution >= 0.6 is 0 Å². The Morgan fingerprint density at radius 3 is 1.42 bits per heavy atom. The maximum atomic E-state index is 13.4. The Bertz CT molecular complexity index is 6160. The highest BCUT2D eigenvalue weighted by Gasteiger charge is 2.33. The van der Waals surface area contributed by atoms with Crippen molar-refractivity contribution in [2.45, 2.75) is 118 Å². The molecule has 7 N–H and O–H groups in total. The fourth-order valence-electron chi connectivity index (χ4n) is 14.6. The number of aryl methyl sites for hydroxylation is 1. The molecule has 6 aromatic carbocycles. The lowest BCUT2D eigenvalue weighted by Gasteiger charge is -2.16. The monoisotopic (exact) mass is 1520 g/mol. The number of hydrogen-bond donors (Lipinski definition) is 7. The average Bonchev–Trinajstić information content (AvgIpc) is 1.71. The minimum absolute atomic E-state index is 0.0167. The Balaban J connectivity index is 0.000000141. The summed E-state index contributed by atoms with van der Waals surface area (Å²) in [6.07, 6.45) is 8.13. The van der Waals surface area contributed by atoms with Crippen LogP contribution in [0.15, 0.2) is 145 Å². The third-order valence-corrected chi connectivity index (χ3v) is 20.1. The van der Waals surface area contributed by atoms with Gasteiger partial charge in [-0.05, 0) is 170 Å². The van der Waals surface area contributed by atoms with Crippen LogP contribution in [0.4, 0.5) is 14.5 Å². The highest BCUT2D eigenvalue weighted by atomic mass is 19.1. The van der Waals surface area contributed by atoms with Gasteiger partial charge in [0.1, 0.15) is 64.0 Å². The second kappa shape index (κ2) is 31.6. The third-order valence-electron chi connectivity index (χ3n) is 20.1. The minimum atomic E-state index is -1.00. The van der Waals surface area contributed by atoms with Crippen molar-refractivity contribution in [2.24, 2.45) is 0 Å². The zero-order chi connectivity index (χ0) is 79.6. The fourth-order valence-corrected chi connectivity index (χ4v) is 14.6. The molecule has 6 amide bonds. The first-order valence-corrected chi connectivity index (χ1v) is 35.8. The molecule has 30 nitrogen and oxygen atoms in total. The van der Waals surface area contributed by atoms with Crippen LogP contribution in [-0.4, -0.2) is 117 Å². The molecule has 3 atom stereocenters. The smallest absolute Gasteiger partial charge is 0.335 e. The zero-order valence-corrected chi connectivity index (χ0v) is 61.5. The number of nitrogens with zero attached hydrogens (tertiary/aromatic N) is 13. The molecule has 0 aliphatic heterocycles. The average molecular weight is 1520 g/mol. The molecule has 7 heterocycles. The Morgan fingerprint density at radius 2 is 0.947 bits per heavy atom. The molecule has 16 rings (SSSR count). The topological polar surface area (TPSA) is 393 Å². The number of Topliss-reactive ketones (excluding diaryl/α,β-unsaturated/α-hetero) is 2. The molecule has 113 heavy (non-hydrogen) atoms. The largest absolute Gasteiger partial charge is 0.478 e. The molecule has 0 radical (unpaired) electrons. The lowest BCUT2D eigenvalue weighted by molar-refractivity contribution is 0.0693. The van der Waals surface area contributed by atoms with E-state index in [0.717, 1.165) is 86.7 Å². The van der Waals surface area contributed by atoms with Crippen LogP contribution in [0.1, 0.15) is 218 Å². The van der Waals surface area contributed by atoms with Gasteiger partial charge < -0.3 is 41.4 Å². The Kier molecular flexibility index (Phi) is 21.1. The summed E-state index contributed by atoms with van der Waals surface area (Å²) in [5, 5.41) is 39.0. The predicted molar refractivity (Wildman–Crippen MR) is 402 cm³/mol. The van der Waals surface area contributed by atoms with Crippen LogP contribution in [0, 0.1) is 45.9 Å². The molecule has 0 fully saturated rings. The SMILES string of the molecule is CC(=O)c1ccc2c(c1C)CC[C@@H]2NC(=O)c1cc(C(=O)NCc2ccc3oc(C)nc3c2)nc2ncnn12.Cc1c(C(=O)O)ccc2c1CC[C@@H]2NC(=O)c1cc(C(=O)NCc2cc(F)cc(F)c2)nc2ccnn12.[C-]#[N+]c1cccc(CNC(=O)c2cc(C(=O)N[C@H]3CCc4c3ccc(C(C)=O)c4C)n3ncnc3n2)c1. The van der Waals surface area contributed by atoms with E-state index in [1.807, 2.05) is 56.3 Å². The van der Waals surface area contributed by atoms with Crippen LogP contribution in [0.2, 0.25) is 0 Å². The van der Waals surface area contributed by atoms with Crippen molar-refractivity contribution in [3.05, 3.63) is 287 Å². The molecule has 7 aromatic heterocycles. The van der Waals surface area contributed by atoms with Crippen LogP contribution in [0.3, 0.4) is 0 Å². The predicted octanol–water partition coefficient (Wildman–Crippen LogP) is 10.3. The fraction of sp³-hybridized carbons (Fsp3) is 0.222. The number of fused-ring (bicyclic) bond motifs is 7. The van der Waals surface area contributed by atoms with Crippen LogP contribution in [-0.2, 0) is 38.9 Å². The van der Waals surface area contributed by atoms with Crippen LogP contribution in [0.25, 0.3) is 33.1 Å². The highest BCUT2D eigenvalue weighted by Crippen LogP contribution is 2.38. The summed E-state index contributed by atoms with van der Waals surface area (Å²) in [6.45, 7) is 17.9. The zero-order valence-electron chi connectivity index (χ0n) is 61.5. The van der Waals surface area contributed by atoms with Gasteiger partial charge in [0.05, 0.1) is 36.5 Å². The Labute approximate surface area is 640 Å². The molecular weight excluding hydrogens is 1450 g/mol. The number of aromatic nitrogens is 12. The van der Waals surface area contributed by atoms with E-state index >= 15 is 0 Å². The van der Waals surface area contributed by atoms with Crippen molar-refractivity contribution in [1.82, 2.24) is 90.6 Å². The van der Waals surface area contributed by atoms with E-state index < -0.39 is 53.0 Å².